The molecular weight excluding hydrogens is 257 g/mol. The highest BCUT2D eigenvalue weighted by molar-refractivity contribution is 5.31. The highest BCUT2D eigenvalue weighted by atomic mass is 19.1. The summed E-state index contributed by atoms with van der Waals surface area (Å²) in [7, 11) is 1.48. The predicted octanol–water partition coefficient (Wildman–Crippen LogP) is 3.30. The number of nitrogens with one attached hydrogen (secondary N) is 1. The maximum absolute atomic E-state index is 13.8. The smallest absolute Gasteiger partial charge is 0.165 e. The Morgan fingerprint density at radius 1 is 1.45 bits per heavy atom. The Kier molecular flexibility index (Phi) is 5.80. The first kappa shape index (κ1) is 15.3. The predicted molar refractivity (Wildman–Crippen MR) is 77.5 cm³/mol. The SMILES string of the molecule is CCCNCC1CCCOC1c1ccc(OC)c(F)c1. The number of halogens is 1. The molecule has 0 bridgehead atoms. The summed E-state index contributed by atoms with van der Waals surface area (Å²) in [6.45, 7) is 4.84. The average molecular weight is 281 g/mol. The van der Waals surface area contributed by atoms with Crippen molar-refractivity contribution in [2.45, 2.75) is 32.3 Å². The van der Waals surface area contributed by atoms with Gasteiger partial charge in [-0.3, -0.25) is 0 Å². The average Bonchev–Trinajstić information content (AvgIpc) is 2.48. The third kappa shape index (κ3) is 3.70. The van der Waals surface area contributed by atoms with Gasteiger partial charge in [-0.1, -0.05) is 13.0 Å². The van der Waals surface area contributed by atoms with Crippen molar-refractivity contribution < 1.29 is 13.9 Å². The Bertz CT molecular complexity index is 425. The van der Waals surface area contributed by atoms with Gasteiger partial charge in [0.2, 0.25) is 0 Å². The second kappa shape index (κ2) is 7.60. The van der Waals surface area contributed by atoms with Crippen LogP contribution in [0.3, 0.4) is 0 Å². The Hall–Kier alpha value is -1.13. The van der Waals surface area contributed by atoms with Crippen molar-refractivity contribution in [3.63, 3.8) is 0 Å². The minimum atomic E-state index is -0.320. The molecule has 1 N–H and O–H groups in total. The molecule has 0 aromatic heterocycles. The molecule has 2 unspecified atom stereocenters. The molecule has 0 saturated carbocycles. The van der Waals surface area contributed by atoms with Crippen LogP contribution in [-0.2, 0) is 4.74 Å². The zero-order chi connectivity index (χ0) is 14.4. The Morgan fingerprint density at radius 3 is 3.00 bits per heavy atom. The van der Waals surface area contributed by atoms with E-state index in [-0.39, 0.29) is 17.7 Å². The highest BCUT2D eigenvalue weighted by Gasteiger charge is 2.27. The largest absolute Gasteiger partial charge is 0.494 e. The molecule has 2 atom stereocenters. The standard InChI is InChI=1S/C16H24FNO2/c1-3-8-18-11-13-5-4-9-20-16(13)12-6-7-15(19-2)14(17)10-12/h6-7,10,13,16,18H,3-5,8-9,11H2,1-2H3. The maximum Gasteiger partial charge on any atom is 0.165 e. The summed E-state index contributed by atoms with van der Waals surface area (Å²) in [5.74, 6) is 0.368. The fourth-order valence-corrected chi connectivity index (χ4v) is 2.74. The van der Waals surface area contributed by atoms with Gasteiger partial charge in [0, 0.05) is 19.1 Å². The van der Waals surface area contributed by atoms with E-state index in [0.717, 1.165) is 44.5 Å². The van der Waals surface area contributed by atoms with Gasteiger partial charge in [0.25, 0.3) is 0 Å². The Morgan fingerprint density at radius 2 is 2.30 bits per heavy atom. The van der Waals surface area contributed by atoms with Crippen molar-refractivity contribution in [2.75, 3.05) is 26.8 Å². The molecule has 1 fully saturated rings. The normalized spacial score (nSPS) is 22.8. The lowest BCUT2D eigenvalue weighted by atomic mass is 9.89. The second-order valence-electron chi connectivity index (χ2n) is 5.29. The zero-order valence-corrected chi connectivity index (χ0v) is 12.3. The molecule has 0 aliphatic carbocycles. The van der Waals surface area contributed by atoms with Crippen molar-refractivity contribution in [3.8, 4) is 5.75 Å². The summed E-state index contributed by atoms with van der Waals surface area (Å²) in [6.07, 6.45) is 3.30. The fourth-order valence-electron chi connectivity index (χ4n) is 2.74. The molecule has 1 saturated heterocycles. The first-order chi connectivity index (χ1) is 9.76. The van der Waals surface area contributed by atoms with Crippen LogP contribution < -0.4 is 10.1 Å². The van der Waals surface area contributed by atoms with Crippen LogP contribution in [0.15, 0.2) is 18.2 Å². The monoisotopic (exact) mass is 281 g/mol. The van der Waals surface area contributed by atoms with Crippen molar-refractivity contribution in [1.82, 2.24) is 5.32 Å². The van der Waals surface area contributed by atoms with E-state index >= 15 is 0 Å². The van der Waals surface area contributed by atoms with Gasteiger partial charge in [-0.2, -0.15) is 0 Å². The fraction of sp³-hybridized carbons (Fsp3) is 0.625. The van der Waals surface area contributed by atoms with E-state index in [2.05, 4.69) is 12.2 Å². The Labute approximate surface area is 120 Å². The van der Waals surface area contributed by atoms with Gasteiger partial charge in [0.15, 0.2) is 11.6 Å². The van der Waals surface area contributed by atoms with Gasteiger partial charge in [-0.25, -0.2) is 4.39 Å². The topological polar surface area (TPSA) is 30.5 Å². The molecule has 1 aromatic carbocycles. The molecule has 20 heavy (non-hydrogen) atoms. The molecule has 1 aliphatic rings. The lowest BCUT2D eigenvalue weighted by molar-refractivity contribution is -0.0278. The van der Waals surface area contributed by atoms with E-state index in [0.29, 0.717) is 5.92 Å². The molecule has 1 aromatic rings. The first-order valence-corrected chi connectivity index (χ1v) is 7.42. The van der Waals surface area contributed by atoms with Gasteiger partial charge in [0.1, 0.15) is 0 Å². The van der Waals surface area contributed by atoms with Gasteiger partial charge in [-0.15, -0.1) is 0 Å². The molecule has 0 radical (unpaired) electrons. The van der Waals surface area contributed by atoms with E-state index in [1.165, 1.54) is 7.11 Å². The van der Waals surface area contributed by atoms with E-state index < -0.39 is 0 Å². The number of hydrogen-bond acceptors (Lipinski definition) is 3. The molecule has 1 heterocycles. The molecule has 4 heteroatoms. The van der Waals surface area contributed by atoms with Crippen LogP contribution in [-0.4, -0.2) is 26.8 Å². The van der Waals surface area contributed by atoms with Crippen molar-refractivity contribution in [3.05, 3.63) is 29.6 Å². The molecule has 0 amide bonds. The number of rotatable bonds is 6. The van der Waals surface area contributed by atoms with E-state index in [4.69, 9.17) is 9.47 Å². The van der Waals surface area contributed by atoms with E-state index in [1.807, 2.05) is 6.07 Å². The quantitative estimate of drug-likeness (QED) is 0.812. The lowest BCUT2D eigenvalue weighted by Crippen LogP contribution is -2.32. The van der Waals surface area contributed by atoms with Crippen molar-refractivity contribution >= 4 is 0 Å². The van der Waals surface area contributed by atoms with Gasteiger partial charge < -0.3 is 14.8 Å². The van der Waals surface area contributed by atoms with Crippen LogP contribution in [0.25, 0.3) is 0 Å². The summed E-state index contributed by atoms with van der Waals surface area (Å²) in [5.41, 5.74) is 0.909. The van der Waals surface area contributed by atoms with Gasteiger partial charge >= 0.3 is 0 Å². The molecule has 1 aliphatic heterocycles. The summed E-state index contributed by atoms with van der Waals surface area (Å²) in [5, 5.41) is 3.44. The van der Waals surface area contributed by atoms with Crippen molar-refractivity contribution in [2.24, 2.45) is 5.92 Å². The summed E-state index contributed by atoms with van der Waals surface area (Å²) in [6, 6.07) is 5.13. The minimum Gasteiger partial charge on any atom is -0.494 e. The number of hydrogen-bond donors (Lipinski definition) is 1. The molecule has 0 spiro atoms. The molecular formula is C16H24FNO2. The summed E-state index contributed by atoms with van der Waals surface area (Å²) in [4.78, 5) is 0. The minimum absolute atomic E-state index is 0.0199. The van der Waals surface area contributed by atoms with Crippen LogP contribution in [0, 0.1) is 11.7 Å². The van der Waals surface area contributed by atoms with Crippen LogP contribution in [0.4, 0.5) is 4.39 Å². The highest BCUT2D eigenvalue weighted by Crippen LogP contribution is 2.34. The molecule has 2 rings (SSSR count). The van der Waals surface area contributed by atoms with E-state index in [9.17, 15) is 4.39 Å². The molecule has 112 valence electrons. The first-order valence-electron chi connectivity index (χ1n) is 7.42. The molecule has 3 nitrogen and oxygen atoms in total. The zero-order valence-electron chi connectivity index (χ0n) is 12.3. The van der Waals surface area contributed by atoms with E-state index in [1.54, 1.807) is 12.1 Å². The van der Waals surface area contributed by atoms with Crippen LogP contribution in [0.5, 0.6) is 5.75 Å². The Balaban J connectivity index is 2.08. The summed E-state index contributed by atoms with van der Waals surface area (Å²) >= 11 is 0. The van der Waals surface area contributed by atoms with Crippen LogP contribution >= 0.6 is 0 Å². The maximum atomic E-state index is 13.8. The third-order valence-electron chi connectivity index (χ3n) is 3.78. The van der Waals surface area contributed by atoms with Crippen LogP contribution in [0.1, 0.15) is 37.9 Å². The lowest BCUT2D eigenvalue weighted by Gasteiger charge is -2.32. The van der Waals surface area contributed by atoms with Gasteiger partial charge in [-0.05, 0) is 43.5 Å². The van der Waals surface area contributed by atoms with Gasteiger partial charge in [0.05, 0.1) is 13.2 Å². The number of ether oxygens (including phenoxy) is 2. The third-order valence-corrected chi connectivity index (χ3v) is 3.78. The summed E-state index contributed by atoms with van der Waals surface area (Å²) < 4.78 is 24.7. The number of methoxy groups -OCH3 is 1. The number of benzene rings is 1. The second-order valence-corrected chi connectivity index (χ2v) is 5.29. The van der Waals surface area contributed by atoms with Crippen LogP contribution in [0.2, 0.25) is 0 Å². The van der Waals surface area contributed by atoms with Crippen molar-refractivity contribution in [1.29, 1.82) is 0 Å².